The van der Waals surface area contributed by atoms with Crippen molar-refractivity contribution in [3.8, 4) is 0 Å². The molecule has 0 saturated heterocycles. The molecule has 1 aromatic carbocycles. The molecule has 1 aromatic rings. The summed E-state index contributed by atoms with van der Waals surface area (Å²) in [7, 11) is 0. The first kappa shape index (κ1) is 10.8. The van der Waals surface area contributed by atoms with Crippen LogP contribution in [0.5, 0.6) is 0 Å². The van der Waals surface area contributed by atoms with Crippen molar-refractivity contribution in [2.24, 2.45) is 0 Å². The Morgan fingerprint density at radius 2 is 2.29 bits per heavy atom. The summed E-state index contributed by atoms with van der Waals surface area (Å²) in [5.41, 5.74) is 1.32. The number of aryl methyl sites for hydroxylation is 1. The molecule has 0 atom stereocenters. The molecule has 1 rings (SSSR count). The van der Waals surface area contributed by atoms with Crippen LogP contribution in [-0.4, -0.2) is 4.92 Å². The molecule has 0 aromatic heterocycles. The van der Waals surface area contributed by atoms with Crippen molar-refractivity contribution >= 4 is 11.8 Å². The Kier molecular flexibility index (Phi) is 3.71. The van der Waals surface area contributed by atoms with E-state index in [0.29, 0.717) is 0 Å². The molecule has 14 heavy (non-hydrogen) atoms. The maximum Gasteiger partial charge on any atom is 0.249 e. The molecule has 0 aliphatic rings. The van der Waals surface area contributed by atoms with Gasteiger partial charge < -0.3 is 0 Å². The van der Waals surface area contributed by atoms with Crippen LogP contribution in [0.3, 0.4) is 0 Å². The van der Waals surface area contributed by atoms with Gasteiger partial charge in [-0.25, -0.2) is 0 Å². The predicted octanol–water partition coefficient (Wildman–Crippen LogP) is 3.23. The number of nitrogens with zero attached hydrogens (tertiary/aromatic N) is 1. The first-order valence-electron chi connectivity index (χ1n) is 4.14. The molecule has 0 aliphatic heterocycles. The fraction of sp³-hybridized carbons (Fsp3) is 0.200. The highest BCUT2D eigenvalue weighted by molar-refractivity contribution is 8.02. The summed E-state index contributed by atoms with van der Waals surface area (Å²) in [5.74, 6) is 0. The van der Waals surface area contributed by atoms with Crippen LogP contribution in [0.4, 0.5) is 0 Å². The van der Waals surface area contributed by atoms with Crippen LogP contribution in [0.15, 0.2) is 40.3 Å². The minimum atomic E-state index is -0.386. The molecule has 74 valence electrons. The fourth-order valence-electron chi connectivity index (χ4n) is 0.885. The average Bonchev–Trinajstić information content (AvgIpc) is 2.14. The number of rotatable bonds is 3. The van der Waals surface area contributed by atoms with E-state index in [9.17, 15) is 10.1 Å². The Balaban J connectivity index is 2.71. The standard InChI is InChI=1S/C10H11NO2S/c1-8-4-3-5-10(6-8)14-7-9(2)11(12)13/h3-7H,1-2H3. The third-order valence-electron chi connectivity index (χ3n) is 1.64. The summed E-state index contributed by atoms with van der Waals surface area (Å²) in [6.45, 7) is 3.48. The molecule has 0 bridgehead atoms. The van der Waals surface area contributed by atoms with Gasteiger partial charge in [0.2, 0.25) is 5.70 Å². The number of allylic oxidation sites excluding steroid dienone is 1. The lowest BCUT2D eigenvalue weighted by Crippen LogP contribution is -1.91. The first-order valence-corrected chi connectivity index (χ1v) is 5.02. The second-order valence-electron chi connectivity index (χ2n) is 2.95. The molecule has 0 heterocycles. The van der Waals surface area contributed by atoms with Gasteiger partial charge >= 0.3 is 0 Å². The molecule has 0 saturated carbocycles. The minimum absolute atomic E-state index is 0.163. The number of thioether (sulfide) groups is 1. The molecular weight excluding hydrogens is 198 g/mol. The van der Waals surface area contributed by atoms with Crippen LogP contribution >= 0.6 is 11.8 Å². The van der Waals surface area contributed by atoms with Gasteiger partial charge in [-0.15, -0.1) is 0 Å². The topological polar surface area (TPSA) is 43.1 Å². The number of benzene rings is 1. The van der Waals surface area contributed by atoms with E-state index in [1.54, 1.807) is 5.41 Å². The maximum absolute atomic E-state index is 10.3. The van der Waals surface area contributed by atoms with Gasteiger partial charge in [-0.3, -0.25) is 10.1 Å². The normalized spacial score (nSPS) is 11.4. The van der Waals surface area contributed by atoms with Crippen LogP contribution in [0.25, 0.3) is 0 Å². The molecule has 0 N–H and O–H groups in total. The lowest BCUT2D eigenvalue weighted by atomic mass is 10.2. The van der Waals surface area contributed by atoms with E-state index < -0.39 is 0 Å². The Morgan fingerprint density at radius 3 is 2.86 bits per heavy atom. The molecule has 4 heteroatoms. The maximum atomic E-state index is 10.3. The largest absolute Gasteiger partial charge is 0.259 e. The van der Waals surface area contributed by atoms with Crippen molar-refractivity contribution in [1.29, 1.82) is 0 Å². The summed E-state index contributed by atoms with van der Waals surface area (Å²) in [6, 6.07) is 7.86. The van der Waals surface area contributed by atoms with Crippen LogP contribution < -0.4 is 0 Å². The van der Waals surface area contributed by atoms with Crippen molar-refractivity contribution in [2.45, 2.75) is 18.7 Å². The van der Waals surface area contributed by atoms with Gasteiger partial charge in [0.15, 0.2) is 0 Å². The molecular formula is C10H11NO2S. The Hall–Kier alpha value is -1.29. The van der Waals surface area contributed by atoms with Crippen molar-refractivity contribution in [1.82, 2.24) is 0 Å². The first-order chi connectivity index (χ1) is 6.59. The van der Waals surface area contributed by atoms with Gasteiger partial charge in [0.05, 0.1) is 4.92 Å². The molecule has 0 amide bonds. The van der Waals surface area contributed by atoms with Gasteiger partial charge in [0.1, 0.15) is 0 Å². The number of hydrogen-bond acceptors (Lipinski definition) is 3. The van der Waals surface area contributed by atoms with Crippen molar-refractivity contribution in [3.63, 3.8) is 0 Å². The third-order valence-corrected chi connectivity index (χ3v) is 2.63. The summed E-state index contributed by atoms with van der Waals surface area (Å²) >= 11 is 1.37. The van der Waals surface area contributed by atoms with Crippen LogP contribution in [0.1, 0.15) is 12.5 Å². The smallest absolute Gasteiger partial charge is 0.249 e. The summed E-state index contributed by atoms with van der Waals surface area (Å²) in [6.07, 6.45) is 0. The average molecular weight is 209 g/mol. The Labute approximate surface area is 87.0 Å². The lowest BCUT2D eigenvalue weighted by molar-refractivity contribution is -0.424. The van der Waals surface area contributed by atoms with Gasteiger partial charge in [0, 0.05) is 17.2 Å². The predicted molar refractivity (Wildman–Crippen MR) is 57.8 cm³/mol. The van der Waals surface area contributed by atoms with Gasteiger partial charge in [-0.1, -0.05) is 29.5 Å². The molecule has 0 spiro atoms. The lowest BCUT2D eigenvalue weighted by Gasteiger charge is -1.97. The second kappa shape index (κ2) is 4.81. The highest BCUT2D eigenvalue weighted by atomic mass is 32.2. The van der Waals surface area contributed by atoms with Crippen molar-refractivity contribution in [3.05, 3.63) is 51.0 Å². The van der Waals surface area contributed by atoms with Crippen molar-refractivity contribution in [2.75, 3.05) is 0 Å². The summed E-state index contributed by atoms with van der Waals surface area (Å²) in [5, 5.41) is 11.9. The zero-order valence-electron chi connectivity index (χ0n) is 8.06. The highest BCUT2D eigenvalue weighted by Gasteiger charge is 2.01. The fourth-order valence-corrected chi connectivity index (χ4v) is 1.69. The summed E-state index contributed by atoms with van der Waals surface area (Å²) in [4.78, 5) is 10.9. The highest BCUT2D eigenvalue weighted by Crippen LogP contribution is 2.21. The zero-order valence-corrected chi connectivity index (χ0v) is 8.88. The van der Waals surface area contributed by atoms with Crippen LogP contribution in [0, 0.1) is 17.0 Å². The van der Waals surface area contributed by atoms with Crippen LogP contribution in [-0.2, 0) is 0 Å². The van der Waals surface area contributed by atoms with Crippen LogP contribution in [0.2, 0.25) is 0 Å². The molecule has 3 nitrogen and oxygen atoms in total. The third kappa shape index (κ3) is 3.22. The second-order valence-corrected chi connectivity index (χ2v) is 3.89. The van der Waals surface area contributed by atoms with Gasteiger partial charge in [0.25, 0.3) is 0 Å². The summed E-state index contributed by atoms with van der Waals surface area (Å²) < 4.78 is 0. The van der Waals surface area contributed by atoms with E-state index in [1.165, 1.54) is 18.7 Å². The number of hydrogen-bond donors (Lipinski definition) is 0. The minimum Gasteiger partial charge on any atom is -0.259 e. The van der Waals surface area contributed by atoms with Crippen molar-refractivity contribution < 1.29 is 4.92 Å². The van der Waals surface area contributed by atoms with E-state index in [4.69, 9.17) is 0 Å². The number of nitro groups is 1. The molecule has 0 unspecified atom stereocenters. The van der Waals surface area contributed by atoms with E-state index in [0.717, 1.165) is 10.5 Å². The SMILES string of the molecule is CC(=CSc1cccc(C)c1)[N+](=O)[O-]. The van der Waals surface area contributed by atoms with Gasteiger partial charge in [-0.2, -0.15) is 0 Å². The van der Waals surface area contributed by atoms with Gasteiger partial charge in [-0.05, 0) is 19.1 Å². The Morgan fingerprint density at radius 1 is 1.57 bits per heavy atom. The molecule has 0 aliphatic carbocycles. The monoisotopic (exact) mass is 209 g/mol. The van der Waals surface area contributed by atoms with E-state index in [1.807, 2.05) is 31.2 Å². The van der Waals surface area contributed by atoms with E-state index >= 15 is 0 Å². The molecule has 0 fully saturated rings. The zero-order chi connectivity index (χ0) is 10.6. The molecule has 0 radical (unpaired) electrons. The van der Waals surface area contributed by atoms with E-state index in [-0.39, 0.29) is 10.6 Å². The Bertz CT molecular complexity index is 374. The van der Waals surface area contributed by atoms with E-state index in [2.05, 4.69) is 0 Å². The quantitative estimate of drug-likeness (QED) is 0.436.